The summed E-state index contributed by atoms with van der Waals surface area (Å²) in [5.74, 6) is 0.486. The van der Waals surface area contributed by atoms with E-state index in [9.17, 15) is 18.0 Å². The number of aromatic nitrogens is 1. The maximum absolute atomic E-state index is 13.1. The van der Waals surface area contributed by atoms with Gasteiger partial charge >= 0.3 is 6.18 Å². The topological polar surface area (TPSA) is 54.5 Å². The van der Waals surface area contributed by atoms with E-state index in [1.165, 1.54) is 24.5 Å². The zero-order valence-electron chi connectivity index (χ0n) is 21.4. The van der Waals surface area contributed by atoms with E-state index in [1.54, 1.807) is 0 Å². The molecule has 39 heavy (non-hydrogen) atoms. The highest BCUT2D eigenvalue weighted by molar-refractivity contribution is 6.39. The number of rotatable bonds is 9. The fraction of sp³-hybridized carbons (Fsp3) is 0.379. The predicted octanol–water partition coefficient (Wildman–Crippen LogP) is 7.45. The highest BCUT2D eigenvalue weighted by atomic mass is 35.5. The Labute approximate surface area is 236 Å². The van der Waals surface area contributed by atoms with Crippen LogP contribution in [0, 0.1) is 5.92 Å². The van der Waals surface area contributed by atoms with E-state index < -0.39 is 11.7 Å². The number of nitrogens with zero attached hydrogens (tertiary/aromatic N) is 2. The molecule has 208 valence electrons. The molecule has 0 radical (unpaired) electrons. The third-order valence-electron chi connectivity index (χ3n) is 7.13. The lowest BCUT2D eigenvalue weighted by atomic mass is 9.86. The Morgan fingerprint density at radius 2 is 1.67 bits per heavy atom. The lowest BCUT2D eigenvalue weighted by Gasteiger charge is -2.39. The monoisotopic (exact) mass is 579 g/mol. The molecule has 2 atom stereocenters. The Balaban J connectivity index is 1.35. The van der Waals surface area contributed by atoms with E-state index in [-0.39, 0.29) is 39.6 Å². The average Bonchev–Trinajstić information content (AvgIpc) is 2.92. The number of likely N-dealkylation sites (tertiary alicyclic amines) is 1. The Morgan fingerprint density at radius 3 is 2.26 bits per heavy atom. The number of piperidine rings is 1. The average molecular weight is 580 g/mol. The van der Waals surface area contributed by atoms with Gasteiger partial charge in [-0.05, 0) is 69.1 Å². The Kier molecular flexibility index (Phi) is 9.75. The number of alkyl halides is 3. The van der Waals surface area contributed by atoms with Gasteiger partial charge in [-0.1, -0.05) is 53.5 Å². The van der Waals surface area contributed by atoms with E-state index >= 15 is 0 Å². The molecule has 0 spiro atoms. The Hall–Kier alpha value is -2.81. The first-order chi connectivity index (χ1) is 18.6. The summed E-state index contributed by atoms with van der Waals surface area (Å²) in [4.78, 5) is 18.8. The van der Waals surface area contributed by atoms with Crippen molar-refractivity contribution < 1.29 is 22.7 Å². The number of carbonyl (C=O) groups is 1. The van der Waals surface area contributed by atoms with Gasteiger partial charge in [0.2, 0.25) is 0 Å². The molecule has 1 aliphatic heterocycles. The van der Waals surface area contributed by atoms with Crippen LogP contribution in [0.2, 0.25) is 10.0 Å². The summed E-state index contributed by atoms with van der Waals surface area (Å²) in [6, 6.07) is 14.9. The van der Waals surface area contributed by atoms with Crippen molar-refractivity contribution in [1.29, 1.82) is 0 Å². The lowest BCUT2D eigenvalue weighted by Crippen LogP contribution is -2.43. The first-order valence-electron chi connectivity index (χ1n) is 12.8. The van der Waals surface area contributed by atoms with Gasteiger partial charge in [-0.3, -0.25) is 9.78 Å². The van der Waals surface area contributed by atoms with Crippen molar-refractivity contribution in [2.24, 2.45) is 5.92 Å². The van der Waals surface area contributed by atoms with Crippen LogP contribution in [0.3, 0.4) is 0 Å². The molecule has 0 saturated carbocycles. The van der Waals surface area contributed by atoms with E-state index in [0.29, 0.717) is 12.3 Å². The number of amides is 1. The van der Waals surface area contributed by atoms with Crippen LogP contribution in [0.15, 0.2) is 67.0 Å². The van der Waals surface area contributed by atoms with Crippen molar-refractivity contribution in [2.45, 2.75) is 44.5 Å². The van der Waals surface area contributed by atoms with Crippen LogP contribution >= 0.6 is 23.2 Å². The fourth-order valence-corrected chi connectivity index (χ4v) is 5.44. The normalized spacial score (nSPS) is 16.5. The smallest absolute Gasteiger partial charge is 0.416 e. The van der Waals surface area contributed by atoms with Crippen molar-refractivity contribution in [3.8, 4) is 5.75 Å². The molecule has 10 heteroatoms. The van der Waals surface area contributed by atoms with Crippen LogP contribution in [0.25, 0.3) is 0 Å². The molecule has 1 aromatic heterocycles. The summed E-state index contributed by atoms with van der Waals surface area (Å²) in [6.45, 7) is 4.21. The van der Waals surface area contributed by atoms with E-state index in [1.807, 2.05) is 30.3 Å². The van der Waals surface area contributed by atoms with Crippen molar-refractivity contribution >= 4 is 29.1 Å². The molecule has 2 aromatic carbocycles. The van der Waals surface area contributed by atoms with Crippen LogP contribution in [-0.2, 0) is 6.18 Å². The molecule has 5 nitrogen and oxygen atoms in total. The van der Waals surface area contributed by atoms with E-state index in [2.05, 4.69) is 22.1 Å². The predicted molar refractivity (Wildman–Crippen MR) is 146 cm³/mol. The molecule has 0 aliphatic carbocycles. The Bertz CT molecular complexity index is 1210. The molecule has 1 amide bonds. The molecule has 2 unspecified atom stereocenters. The van der Waals surface area contributed by atoms with Gasteiger partial charge in [-0.15, -0.1) is 0 Å². The summed E-state index contributed by atoms with van der Waals surface area (Å²) in [7, 11) is 0. The molecule has 2 heterocycles. The van der Waals surface area contributed by atoms with Crippen LogP contribution in [0.1, 0.15) is 53.8 Å². The Morgan fingerprint density at radius 1 is 1.05 bits per heavy atom. The minimum atomic E-state index is -4.38. The molecule has 0 bridgehead atoms. The van der Waals surface area contributed by atoms with Crippen LogP contribution in [0.4, 0.5) is 13.2 Å². The molecule has 4 rings (SSSR count). The van der Waals surface area contributed by atoms with Gasteiger partial charge in [0.25, 0.3) is 5.91 Å². The number of para-hydroxylation sites is 1. The standard InChI is InChI=1S/C29H30Cl2F3N3O2/c1-19(11-14-36-28(38)26-24(30)17-35-18-25(26)31)37-15-12-21(13-16-37)27(39-23-5-3-2-4-6-23)20-7-9-22(10-8-20)29(32,33)34/h2-10,17-19,21,27H,11-16H2,1H3,(H,36,38). The van der Waals surface area contributed by atoms with Gasteiger partial charge in [0.05, 0.1) is 21.2 Å². The highest BCUT2D eigenvalue weighted by Crippen LogP contribution is 2.37. The summed E-state index contributed by atoms with van der Waals surface area (Å²) in [6.07, 6.45) is 0.422. The van der Waals surface area contributed by atoms with Crippen molar-refractivity contribution in [1.82, 2.24) is 15.2 Å². The minimum Gasteiger partial charge on any atom is -0.485 e. The second-order valence-corrected chi connectivity index (χ2v) is 10.5. The summed E-state index contributed by atoms with van der Waals surface area (Å²) >= 11 is 12.1. The largest absolute Gasteiger partial charge is 0.485 e. The number of carbonyl (C=O) groups excluding carboxylic acids is 1. The molecule has 3 aromatic rings. The molecular weight excluding hydrogens is 550 g/mol. The van der Waals surface area contributed by atoms with Gasteiger partial charge in [0, 0.05) is 30.9 Å². The zero-order chi connectivity index (χ0) is 28.0. The minimum absolute atomic E-state index is 0.140. The summed E-state index contributed by atoms with van der Waals surface area (Å²) in [5.41, 5.74) is 0.276. The highest BCUT2D eigenvalue weighted by Gasteiger charge is 2.33. The molecule has 1 N–H and O–H groups in total. The SMILES string of the molecule is CC(CCNC(=O)c1c(Cl)cncc1Cl)N1CCC(C(Oc2ccccc2)c2ccc(C(F)(F)F)cc2)CC1. The van der Waals surface area contributed by atoms with Crippen LogP contribution < -0.4 is 10.1 Å². The van der Waals surface area contributed by atoms with Crippen molar-refractivity contribution in [3.05, 3.63) is 93.7 Å². The maximum atomic E-state index is 13.1. The number of hydrogen-bond acceptors (Lipinski definition) is 4. The molecule has 1 saturated heterocycles. The number of ether oxygens (including phenoxy) is 1. The van der Waals surface area contributed by atoms with Gasteiger partial charge in [-0.2, -0.15) is 13.2 Å². The maximum Gasteiger partial charge on any atom is 0.416 e. The van der Waals surface area contributed by atoms with Gasteiger partial charge in [0.1, 0.15) is 11.9 Å². The lowest BCUT2D eigenvalue weighted by molar-refractivity contribution is -0.137. The first kappa shape index (κ1) is 29.2. The second-order valence-electron chi connectivity index (χ2n) is 9.72. The van der Waals surface area contributed by atoms with Gasteiger partial charge in [0.15, 0.2) is 0 Å². The quantitative estimate of drug-likeness (QED) is 0.286. The van der Waals surface area contributed by atoms with Crippen LogP contribution in [-0.4, -0.2) is 41.5 Å². The van der Waals surface area contributed by atoms with Gasteiger partial charge < -0.3 is 15.0 Å². The number of pyridine rings is 1. The molecular formula is C29H30Cl2F3N3O2. The van der Waals surface area contributed by atoms with Crippen LogP contribution in [0.5, 0.6) is 5.75 Å². The van der Waals surface area contributed by atoms with E-state index in [0.717, 1.165) is 50.0 Å². The number of halogens is 5. The third kappa shape index (κ3) is 7.65. The number of nitrogens with one attached hydrogen (secondary N) is 1. The second kappa shape index (κ2) is 13.0. The molecule has 1 aliphatic rings. The number of benzene rings is 2. The summed E-state index contributed by atoms with van der Waals surface area (Å²) < 4.78 is 45.7. The third-order valence-corrected chi connectivity index (χ3v) is 7.70. The number of hydrogen-bond donors (Lipinski definition) is 1. The van der Waals surface area contributed by atoms with Crippen molar-refractivity contribution in [3.63, 3.8) is 0 Å². The molecule has 1 fully saturated rings. The fourth-order valence-electron chi connectivity index (χ4n) is 4.90. The van der Waals surface area contributed by atoms with Crippen molar-refractivity contribution in [2.75, 3.05) is 19.6 Å². The van der Waals surface area contributed by atoms with Gasteiger partial charge in [-0.25, -0.2) is 0 Å². The zero-order valence-corrected chi connectivity index (χ0v) is 22.9. The summed E-state index contributed by atoms with van der Waals surface area (Å²) in [5, 5.41) is 3.29. The first-order valence-corrected chi connectivity index (χ1v) is 13.6. The van der Waals surface area contributed by atoms with E-state index in [4.69, 9.17) is 27.9 Å².